The predicted molar refractivity (Wildman–Crippen MR) is 126 cm³/mol. The SMILES string of the molecule is Cc1cccc(C(=O)N2CCC[C@@]3(C(=O)N4CCOCC4)CN(c4ccccn4)C[C@H]3C2)c1. The standard InChI is InChI=1S/C26H32N4O3/c1-20-6-4-7-21(16-20)24(31)29-11-5-9-26(25(32)28-12-14-33-15-13-28)19-30(18-22(26)17-29)23-8-2-3-10-27-23/h2-4,6-8,10,16,22H,5,9,11-15,17-19H2,1H3/t22-,26-/m1/s1. The molecular weight excluding hydrogens is 416 g/mol. The van der Waals surface area contributed by atoms with Crippen LogP contribution >= 0.6 is 0 Å². The quantitative estimate of drug-likeness (QED) is 0.722. The molecule has 5 rings (SSSR count). The number of aromatic nitrogens is 1. The topological polar surface area (TPSA) is 66.0 Å². The van der Waals surface area contributed by atoms with Gasteiger partial charge in [0.05, 0.1) is 18.6 Å². The largest absolute Gasteiger partial charge is 0.378 e. The number of aryl methyl sites for hydroxylation is 1. The Hall–Kier alpha value is -2.93. The zero-order valence-electron chi connectivity index (χ0n) is 19.3. The van der Waals surface area contributed by atoms with Gasteiger partial charge in [-0.3, -0.25) is 9.59 Å². The number of hydrogen-bond donors (Lipinski definition) is 0. The van der Waals surface area contributed by atoms with Crippen molar-refractivity contribution in [1.82, 2.24) is 14.8 Å². The summed E-state index contributed by atoms with van der Waals surface area (Å²) in [5.41, 5.74) is 1.30. The van der Waals surface area contributed by atoms with E-state index in [0.717, 1.165) is 36.3 Å². The third-order valence-electron chi connectivity index (χ3n) is 7.44. The minimum absolute atomic E-state index is 0.0598. The molecule has 2 aromatic rings. The highest BCUT2D eigenvalue weighted by Crippen LogP contribution is 2.45. The molecule has 0 radical (unpaired) electrons. The fourth-order valence-corrected chi connectivity index (χ4v) is 5.72. The van der Waals surface area contributed by atoms with E-state index in [4.69, 9.17) is 4.74 Å². The molecule has 1 aromatic heterocycles. The summed E-state index contributed by atoms with van der Waals surface area (Å²) in [6, 6.07) is 13.7. The van der Waals surface area contributed by atoms with E-state index in [1.807, 2.05) is 59.2 Å². The van der Waals surface area contributed by atoms with Crippen LogP contribution < -0.4 is 4.90 Å². The average molecular weight is 449 g/mol. The van der Waals surface area contributed by atoms with Crippen LogP contribution in [-0.4, -0.2) is 79.1 Å². The fraction of sp³-hybridized carbons (Fsp3) is 0.500. The summed E-state index contributed by atoms with van der Waals surface area (Å²) in [6.45, 7) is 7.13. The van der Waals surface area contributed by atoms with Gasteiger partial charge in [0.1, 0.15) is 5.82 Å². The van der Waals surface area contributed by atoms with Crippen LogP contribution in [0.5, 0.6) is 0 Å². The molecule has 3 aliphatic rings. The number of benzene rings is 1. The second-order valence-electron chi connectivity index (χ2n) is 9.55. The molecule has 7 nitrogen and oxygen atoms in total. The lowest BCUT2D eigenvalue weighted by molar-refractivity contribution is -0.148. The van der Waals surface area contributed by atoms with Crippen molar-refractivity contribution in [3.8, 4) is 0 Å². The van der Waals surface area contributed by atoms with Gasteiger partial charge < -0.3 is 19.4 Å². The number of nitrogens with zero attached hydrogens (tertiary/aromatic N) is 4. The molecule has 0 unspecified atom stereocenters. The molecule has 2 atom stereocenters. The number of carbonyl (C=O) groups is 2. The molecule has 0 aliphatic carbocycles. The van der Waals surface area contributed by atoms with Crippen LogP contribution in [0.4, 0.5) is 5.82 Å². The lowest BCUT2D eigenvalue weighted by Crippen LogP contribution is -2.53. The Bertz CT molecular complexity index is 1010. The summed E-state index contributed by atoms with van der Waals surface area (Å²) in [7, 11) is 0. The Morgan fingerprint density at radius 1 is 1.03 bits per heavy atom. The van der Waals surface area contributed by atoms with Gasteiger partial charge in [-0.25, -0.2) is 4.98 Å². The number of ether oxygens (including phenoxy) is 1. The van der Waals surface area contributed by atoms with Gasteiger partial charge in [-0.1, -0.05) is 23.8 Å². The van der Waals surface area contributed by atoms with Crippen molar-refractivity contribution in [2.24, 2.45) is 11.3 Å². The number of amides is 2. The number of rotatable bonds is 3. The molecule has 0 spiro atoms. The van der Waals surface area contributed by atoms with Crippen molar-refractivity contribution < 1.29 is 14.3 Å². The van der Waals surface area contributed by atoms with Gasteiger partial charge in [0.25, 0.3) is 5.91 Å². The number of carbonyl (C=O) groups excluding carboxylic acids is 2. The Morgan fingerprint density at radius 2 is 1.88 bits per heavy atom. The third kappa shape index (κ3) is 4.22. The number of pyridine rings is 1. The molecular formula is C26H32N4O3. The fourth-order valence-electron chi connectivity index (χ4n) is 5.72. The summed E-state index contributed by atoms with van der Waals surface area (Å²) in [6.07, 6.45) is 3.41. The average Bonchev–Trinajstić information content (AvgIpc) is 3.13. The van der Waals surface area contributed by atoms with E-state index in [1.165, 1.54) is 0 Å². The van der Waals surface area contributed by atoms with E-state index in [1.54, 1.807) is 6.20 Å². The Labute approximate surface area is 195 Å². The lowest BCUT2D eigenvalue weighted by Gasteiger charge is -2.38. The number of hydrogen-bond acceptors (Lipinski definition) is 5. The zero-order valence-corrected chi connectivity index (χ0v) is 19.3. The van der Waals surface area contributed by atoms with E-state index in [-0.39, 0.29) is 17.7 Å². The van der Waals surface area contributed by atoms with Crippen molar-refractivity contribution in [3.05, 3.63) is 59.8 Å². The van der Waals surface area contributed by atoms with Crippen LogP contribution in [0.2, 0.25) is 0 Å². The molecule has 3 aliphatic heterocycles. The Morgan fingerprint density at radius 3 is 2.64 bits per heavy atom. The monoisotopic (exact) mass is 448 g/mol. The molecule has 3 saturated heterocycles. The van der Waals surface area contributed by atoms with Crippen LogP contribution in [0.3, 0.4) is 0 Å². The van der Waals surface area contributed by atoms with E-state index in [0.29, 0.717) is 45.9 Å². The first kappa shape index (κ1) is 21.9. The Balaban J connectivity index is 1.45. The molecule has 1 aromatic carbocycles. The summed E-state index contributed by atoms with van der Waals surface area (Å²) in [4.78, 5) is 38.2. The van der Waals surface area contributed by atoms with E-state index < -0.39 is 5.41 Å². The highest BCUT2D eigenvalue weighted by atomic mass is 16.5. The lowest BCUT2D eigenvalue weighted by atomic mass is 9.73. The van der Waals surface area contributed by atoms with Crippen LogP contribution in [0.25, 0.3) is 0 Å². The second kappa shape index (κ2) is 9.14. The van der Waals surface area contributed by atoms with Gasteiger partial charge in [-0.2, -0.15) is 0 Å². The van der Waals surface area contributed by atoms with Gasteiger partial charge in [0, 0.05) is 56.9 Å². The van der Waals surface area contributed by atoms with Crippen LogP contribution in [0.1, 0.15) is 28.8 Å². The van der Waals surface area contributed by atoms with E-state index >= 15 is 0 Å². The first-order chi connectivity index (χ1) is 16.1. The molecule has 2 amide bonds. The first-order valence-electron chi connectivity index (χ1n) is 12.0. The molecule has 3 fully saturated rings. The summed E-state index contributed by atoms with van der Waals surface area (Å²) in [5.74, 6) is 1.24. The highest BCUT2D eigenvalue weighted by Gasteiger charge is 2.55. The van der Waals surface area contributed by atoms with Gasteiger partial charge in [-0.15, -0.1) is 0 Å². The second-order valence-corrected chi connectivity index (χ2v) is 9.55. The first-order valence-corrected chi connectivity index (χ1v) is 12.0. The Kier molecular flexibility index (Phi) is 6.06. The van der Waals surface area contributed by atoms with Crippen LogP contribution in [0.15, 0.2) is 48.7 Å². The maximum absolute atomic E-state index is 14.0. The maximum Gasteiger partial charge on any atom is 0.253 e. The summed E-state index contributed by atoms with van der Waals surface area (Å²) >= 11 is 0. The van der Waals surface area contributed by atoms with Gasteiger partial charge in [-0.05, 0) is 44.0 Å². The minimum atomic E-state index is -0.503. The van der Waals surface area contributed by atoms with Gasteiger partial charge >= 0.3 is 0 Å². The molecule has 0 saturated carbocycles. The predicted octanol–water partition coefficient (Wildman–Crippen LogP) is 2.61. The van der Waals surface area contributed by atoms with Crippen molar-refractivity contribution in [1.29, 1.82) is 0 Å². The van der Waals surface area contributed by atoms with Crippen molar-refractivity contribution in [2.45, 2.75) is 19.8 Å². The maximum atomic E-state index is 14.0. The highest BCUT2D eigenvalue weighted by molar-refractivity contribution is 5.94. The number of morpholine rings is 1. The number of likely N-dealkylation sites (tertiary alicyclic amines) is 1. The molecule has 0 bridgehead atoms. The normalized spacial score (nSPS) is 25.5. The third-order valence-corrected chi connectivity index (χ3v) is 7.44. The molecule has 0 N–H and O–H groups in total. The van der Waals surface area contributed by atoms with Crippen molar-refractivity contribution >= 4 is 17.6 Å². The summed E-state index contributed by atoms with van der Waals surface area (Å²) < 4.78 is 5.50. The molecule has 4 heterocycles. The summed E-state index contributed by atoms with van der Waals surface area (Å²) in [5, 5.41) is 0. The smallest absolute Gasteiger partial charge is 0.253 e. The van der Waals surface area contributed by atoms with Gasteiger partial charge in [0.15, 0.2) is 0 Å². The van der Waals surface area contributed by atoms with E-state index in [9.17, 15) is 9.59 Å². The molecule has 33 heavy (non-hydrogen) atoms. The number of fused-ring (bicyclic) bond motifs is 1. The van der Waals surface area contributed by atoms with Crippen molar-refractivity contribution in [2.75, 3.05) is 57.4 Å². The number of anilines is 1. The van der Waals surface area contributed by atoms with Crippen molar-refractivity contribution in [3.63, 3.8) is 0 Å². The molecule has 7 heteroatoms. The zero-order chi connectivity index (χ0) is 22.8. The van der Waals surface area contributed by atoms with Crippen LogP contribution in [-0.2, 0) is 9.53 Å². The molecule has 174 valence electrons. The van der Waals surface area contributed by atoms with Gasteiger partial charge in [0.2, 0.25) is 5.91 Å². The van der Waals surface area contributed by atoms with Crippen LogP contribution in [0, 0.1) is 18.3 Å². The van der Waals surface area contributed by atoms with E-state index in [2.05, 4.69) is 9.88 Å². The minimum Gasteiger partial charge on any atom is -0.378 e.